The van der Waals surface area contributed by atoms with E-state index in [2.05, 4.69) is 5.32 Å². The van der Waals surface area contributed by atoms with Gasteiger partial charge in [0.25, 0.3) is 0 Å². The first-order valence-corrected chi connectivity index (χ1v) is 3.21. The van der Waals surface area contributed by atoms with Gasteiger partial charge in [-0.1, -0.05) is 0 Å². The van der Waals surface area contributed by atoms with E-state index in [0.717, 1.165) is 19.6 Å². The first-order valence-electron chi connectivity index (χ1n) is 3.21. The van der Waals surface area contributed by atoms with Crippen molar-refractivity contribution < 1.29 is 4.74 Å². The summed E-state index contributed by atoms with van der Waals surface area (Å²) in [5.41, 5.74) is 2.69. The number of rotatable bonds is 0. The SMILES string of the molecule is C1=CC2=C(CCN2)CO1. The van der Waals surface area contributed by atoms with Gasteiger partial charge in [0.2, 0.25) is 0 Å². The van der Waals surface area contributed by atoms with Crippen molar-refractivity contribution in [3.8, 4) is 0 Å². The Kier molecular flexibility index (Phi) is 0.979. The predicted molar refractivity (Wildman–Crippen MR) is 34.7 cm³/mol. The normalized spacial score (nSPS) is 23.1. The molecule has 0 saturated heterocycles. The van der Waals surface area contributed by atoms with E-state index in [9.17, 15) is 0 Å². The lowest BCUT2D eigenvalue weighted by molar-refractivity contribution is 0.273. The molecule has 9 heavy (non-hydrogen) atoms. The van der Waals surface area contributed by atoms with E-state index < -0.39 is 0 Å². The Hall–Kier alpha value is -0.920. The molecule has 0 spiro atoms. The molecule has 2 heteroatoms. The van der Waals surface area contributed by atoms with E-state index in [-0.39, 0.29) is 0 Å². The number of allylic oxidation sites excluding steroid dienone is 1. The van der Waals surface area contributed by atoms with Gasteiger partial charge in [-0.15, -0.1) is 0 Å². The molecule has 0 fully saturated rings. The smallest absolute Gasteiger partial charge is 0.111 e. The highest BCUT2D eigenvalue weighted by atomic mass is 16.5. The summed E-state index contributed by atoms with van der Waals surface area (Å²) in [4.78, 5) is 0. The third kappa shape index (κ3) is 0.707. The second kappa shape index (κ2) is 1.79. The molecule has 0 saturated carbocycles. The lowest BCUT2D eigenvalue weighted by Crippen LogP contribution is -2.06. The fraction of sp³-hybridized carbons (Fsp3) is 0.429. The lowest BCUT2D eigenvalue weighted by Gasteiger charge is -2.07. The minimum Gasteiger partial charge on any atom is -0.497 e. The van der Waals surface area contributed by atoms with Crippen LogP contribution < -0.4 is 5.32 Å². The van der Waals surface area contributed by atoms with Crippen molar-refractivity contribution in [3.63, 3.8) is 0 Å². The first-order chi connectivity index (χ1) is 4.47. The van der Waals surface area contributed by atoms with E-state index >= 15 is 0 Å². The summed E-state index contributed by atoms with van der Waals surface area (Å²) in [6.45, 7) is 1.87. The van der Waals surface area contributed by atoms with Gasteiger partial charge in [-0.05, 0) is 18.1 Å². The van der Waals surface area contributed by atoms with Gasteiger partial charge in [-0.2, -0.15) is 0 Å². The maximum Gasteiger partial charge on any atom is 0.111 e. The number of hydrogen-bond acceptors (Lipinski definition) is 2. The molecule has 2 nitrogen and oxygen atoms in total. The van der Waals surface area contributed by atoms with E-state index in [1.807, 2.05) is 6.08 Å². The summed E-state index contributed by atoms with van der Waals surface area (Å²) >= 11 is 0. The second-order valence-corrected chi connectivity index (χ2v) is 2.31. The molecule has 2 aliphatic rings. The number of nitrogens with one attached hydrogen (secondary N) is 1. The van der Waals surface area contributed by atoms with Crippen LogP contribution >= 0.6 is 0 Å². The highest BCUT2D eigenvalue weighted by Crippen LogP contribution is 2.17. The van der Waals surface area contributed by atoms with E-state index in [4.69, 9.17) is 4.74 Å². The standard InChI is InChI=1S/C7H9NO/c1-3-8-7-2-4-9-5-6(1)7/h2,4,8H,1,3,5H2. The van der Waals surface area contributed by atoms with Gasteiger partial charge in [-0.3, -0.25) is 0 Å². The fourth-order valence-corrected chi connectivity index (χ4v) is 1.20. The Morgan fingerprint density at radius 2 is 2.56 bits per heavy atom. The Labute approximate surface area is 54.2 Å². The van der Waals surface area contributed by atoms with Crippen LogP contribution in [0, 0.1) is 0 Å². The van der Waals surface area contributed by atoms with Crippen LogP contribution in [0.25, 0.3) is 0 Å². The lowest BCUT2D eigenvalue weighted by atomic mass is 10.2. The maximum atomic E-state index is 5.10. The average Bonchev–Trinajstić information content (AvgIpc) is 2.33. The van der Waals surface area contributed by atoms with Gasteiger partial charge in [0.1, 0.15) is 6.61 Å². The molecule has 0 aromatic heterocycles. The van der Waals surface area contributed by atoms with Crippen LogP contribution in [0.4, 0.5) is 0 Å². The van der Waals surface area contributed by atoms with Gasteiger partial charge in [0.05, 0.1) is 6.26 Å². The molecule has 0 unspecified atom stereocenters. The monoisotopic (exact) mass is 123 g/mol. The van der Waals surface area contributed by atoms with Crippen LogP contribution in [0.3, 0.4) is 0 Å². The Balaban J connectivity index is 2.28. The van der Waals surface area contributed by atoms with Crippen LogP contribution in [0.5, 0.6) is 0 Å². The molecule has 2 aliphatic heterocycles. The minimum absolute atomic E-state index is 0.791. The molecular formula is C7H9NO. The van der Waals surface area contributed by atoms with Gasteiger partial charge in [0.15, 0.2) is 0 Å². The summed E-state index contributed by atoms with van der Waals surface area (Å²) in [7, 11) is 0. The van der Waals surface area contributed by atoms with Crippen LogP contribution in [0.1, 0.15) is 6.42 Å². The average molecular weight is 123 g/mol. The van der Waals surface area contributed by atoms with Crippen molar-refractivity contribution in [1.29, 1.82) is 0 Å². The van der Waals surface area contributed by atoms with Crippen LogP contribution in [-0.4, -0.2) is 13.2 Å². The fourth-order valence-electron chi connectivity index (χ4n) is 1.20. The van der Waals surface area contributed by atoms with Crippen LogP contribution in [0.15, 0.2) is 23.6 Å². The molecule has 0 radical (unpaired) electrons. The van der Waals surface area contributed by atoms with Crippen molar-refractivity contribution in [2.45, 2.75) is 6.42 Å². The van der Waals surface area contributed by atoms with E-state index in [1.54, 1.807) is 6.26 Å². The zero-order valence-electron chi connectivity index (χ0n) is 5.18. The summed E-state index contributed by atoms with van der Waals surface area (Å²) in [5, 5.41) is 3.27. The van der Waals surface area contributed by atoms with Crippen molar-refractivity contribution in [2.24, 2.45) is 0 Å². The molecule has 1 N–H and O–H groups in total. The Morgan fingerprint density at radius 1 is 1.56 bits per heavy atom. The van der Waals surface area contributed by atoms with Gasteiger partial charge in [-0.25, -0.2) is 0 Å². The van der Waals surface area contributed by atoms with Gasteiger partial charge in [0, 0.05) is 12.2 Å². The number of ether oxygens (including phenoxy) is 1. The quantitative estimate of drug-likeness (QED) is 0.514. The minimum atomic E-state index is 0.791. The molecule has 0 aromatic rings. The Bertz CT molecular complexity index is 181. The predicted octanol–water partition coefficient (Wildman–Crippen LogP) is 0.778. The Morgan fingerprint density at radius 3 is 3.44 bits per heavy atom. The topological polar surface area (TPSA) is 21.3 Å². The summed E-state index contributed by atoms with van der Waals surface area (Å²) in [6, 6.07) is 0. The number of hydrogen-bond donors (Lipinski definition) is 1. The van der Waals surface area contributed by atoms with E-state index in [0.29, 0.717) is 0 Å². The maximum absolute atomic E-state index is 5.10. The molecule has 0 amide bonds. The zero-order valence-corrected chi connectivity index (χ0v) is 5.18. The van der Waals surface area contributed by atoms with Gasteiger partial charge < -0.3 is 10.1 Å². The molecule has 0 atom stereocenters. The van der Waals surface area contributed by atoms with Crippen molar-refractivity contribution in [3.05, 3.63) is 23.6 Å². The van der Waals surface area contributed by atoms with Crippen molar-refractivity contribution >= 4 is 0 Å². The molecule has 2 rings (SSSR count). The third-order valence-corrected chi connectivity index (χ3v) is 1.71. The van der Waals surface area contributed by atoms with E-state index in [1.165, 1.54) is 11.3 Å². The molecule has 0 aliphatic carbocycles. The summed E-state index contributed by atoms with van der Waals surface area (Å²) in [5.74, 6) is 0. The molecule has 0 aromatic carbocycles. The summed E-state index contributed by atoms with van der Waals surface area (Å²) in [6.07, 6.45) is 4.89. The highest BCUT2D eigenvalue weighted by molar-refractivity contribution is 5.29. The van der Waals surface area contributed by atoms with Crippen LogP contribution in [-0.2, 0) is 4.74 Å². The molecule has 48 valence electrons. The first kappa shape index (κ1) is 4.91. The zero-order chi connectivity index (χ0) is 6.10. The molecule has 2 heterocycles. The van der Waals surface area contributed by atoms with Gasteiger partial charge >= 0.3 is 0 Å². The van der Waals surface area contributed by atoms with Crippen molar-refractivity contribution in [2.75, 3.05) is 13.2 Å². The van der Waals surface area contributed by atoms with Crippen molar-refractivity contribution in [1.82, 2.24) is 5.32 Å². The largest absolute Gasteiger partial charge is 0.497 e. The molecule has 0 bridgehead atoms. The summed E-state index contributed by atoms with van der Waals surface area (Å²) < 4.78 is 5.10. The highest BCUT2D eigenvalue weighted by Gasteiger charge is 2.13. The second-order valence-electron chi connectivity index (χ2n) is 2.31. The molecular weight excluding hydrogens is 114 g/mol. The third-order valence-electron chi connectivity index (χ3n) is 1.71. The van der Waals surface area contributed by atoms with Crippen LogP contribution in [0.2, 0.25) is 0 Å².